The molecule has 0 N–H and O–H groups in total. The molecule has 0 nitrogen and oxygen atoms in total. The summed E-state index contributed by atoms with van der Waals surface area (Å²) in [5, 5.41) is 13.9. The van der Waals surface area contributed by atoms with Crippen molar-refractivity contribution in [1.82, 2.24) is 0 Å². The van der Waals surface area contributed by atoms with Gasteiger partial charge in [-0.1, -0.05) is 110 Å². The van der Waals surface area contributed by atoms with Crippen LogP contribution in [0.5, 0.6) is 0 Å². The Morgan fingerprint density at radius 1 is 0.367 bits per heavy atom. The Bertz CT molecular complexity index is 1330. The predicted molar refractivity (Wildman–Crippen MR) is 142 cm³/mol. The molecule has 0 atom stereocenters. The molecule has 0 heterocycles. The number of hydrogen-bond donors (Lipinski definition) is 0. The largest absolute Gasteiger partial charge is 0.0776 e. The maximum atomic E-state index is 2.42. The van der Waals surface area contributed by atoms with Crippen LogP contribution in [0.1, 0.15) is 0 Å². The molecular formula is C28H30Si2. The van der Waals surface area contributed by atoms with Crippen molar-refractivity contribution < 1.29 is 0 Å². The van der Waals surface area contributed by atoms with Crippen molar-refractivity contribution in [3.05, 3.63) is 72.8 Å². The van der Waals surface area contributed by atoms with Crippen molar-refractivity contribution in [2.45, 2.75) is 39.3 Å². The molecule has 0 amide bonds. The fourth-order valence-electron chi connectivity index (χ4n) is 4.56. The molecule has 0 fully saturated rings. The van der Waals surface area contributed by atoms with Crippen LogP contribution >= 0.6 is 0 Å². The summed E-state index contributed by atoms with van der Waals surface area (Å²) in [6.07, 6.45) is 0. The van der Waals surface area contributed by atoms with Gasteiger partial charge in [0.05, 0.1) is 16.1 Å². The summed E-state index contributed by atoms with van der Waals surface area (Å²) in [5.74, 6) is 0. The number of benzene rings is 5. The van der Waals surface area contributed by atoms with Crippen LogP contribution in [0.2, 0.25) is 39.3 Å². The van der Waals surface area contributed by atoms with Crippen LogP contribution in [0.15, 0.2) is 72.8 Å². The lowest BCUT2D eigenvalue weighted by Crippen LogP contribution is -2.37. The normalized spacial score (nSPS) is 13.0. The van der Waals surface area contributed by atoms with Crippen molar-refractivity contribution in [3.8, 4) is 0 Å². The molecule has 30 heavy (non-hydrogen) atoms. The fraction of sp³-hybridized carbons (Fsp3) is 0.214. The zero-order valence-corrected chi connectivity index (χ0v) is 20.9. The summed E-state index contributed by atoms with van der Waals surface area (Å²) in [6.45, 7) is 14.5. The van der Waals surface area contributed by atoms with Gasteiger partial charge in [-0.25, -0.2) is 0 Å². The molecule has 0 spiro atoms. The number of hydrogen-bond acceptors (Lipinski definition) is 0. The van der Waals surface area contributed by atoms with Gasteiger partial charge in [0, 0.05) is 0 Å². The van der Waals surface area contributed by atoms with Gasteiger partial charge in [-0.15, -0.1) is 0 Å². The molecule has 2 heteroatoms. The minimum absolute atomic E-state index is 1.31. The highest BCUT2D eigenvalue weighted by Gasteiger charge is 2.18. The van der Waals surface area contributed by atoms with Gasteiger partial charge in [-0.3, -0.25) is 0 Å². The maximum Gasteiger partial charge on any atom is 0.0776 e. The van der Waals surface area contributed by atoms with Crippen molar-refractivity contribution in [2.75, 3.05) is 0 Å². The van der Waals surface area contributed by atoms with E-state index >= 15 is 0 Å². The Morgan fingerprint density at radius 3 is 1.03 bits per heavy atom. The molecule has 0 bridgehead atoms. The summed E-state index contributed by atoms with van der Waals surface area (Å²) in [6, 6.07) is 28.3. The highest BCUT2D eigenvalue weighted by molar-refractivity contribution is 6.89. The number of rotatable bonds is 2. The van der Waals surface area contributed by atoms with E-state index in [9.17, 15) is 0 Å². The first-order valence-corrected chi connectivity index (χ1v) is 18.0. The van der Waals surface area contributed by atoms with E-state index in [1.807, 2.05) is 0 Å². The van der Waals surface area contributed by atoms with Crippen molar-refractivity contribution in [1.29, 1.82) is 0 Å². The molecule has 0 aromatic heterocycles. The summed E-state index contributed by atoms with van der Waals surface area (Å²) in [7, 11) is -2.62. The Hall–Kier alpha value is -2.43. The lowest BCUT2D eigenvalue weighted by atomic mass is 9.95. The van der Waals surface area contributed by atoms with Gasteiger partial charge >= 0.3 is 0 Å². The lowest BCUT2D eigenvalue weighted by Gasteiger charge is -2.18. The molecule has 0 saturated carbocycles. The standard InChI is InChI=1S/C28H30Si2/c1-29(2,3)23-11-13-25-19(15-23)7-9-21-18-28-22(17-27(21)25)10-8-20-16-24(30(4,5)6)12-14-26(20)28/h7-18H,1-6H3. The van der Waals surface area contributed by atoms with Gasteiger partial charge in [0.2, 0.25) is 0 Å². The van der Waals surface area contributed by atoms with Crippen molar-refractivity contribution in [3.63, 3.8) is 0 Å². The second kappa shape index (κ2) is 6.53. The molecular weight excluding hydrogens is 392 g/mol. The Kier molecular flexibility index (Phi) is 4.25. The number of fused-ring (bicyclic) bond motifs is 6. The van der Waals surface area contributed by atoms with Crippen LogP contribution in [0.4, 0.5) is 0 Å². The van der Waals surface area contributed by atoms with Crippen molar-refractivity contribution in [2.24, 2.45) is 0 Å². The van der Waals surface area contributed by atoms with E-state index in [0.717, 1.165) is 0 Å². The third kappa shape index (κ3) is 3.19. The summed E-state index contributed by atoms with van der Waals surface area (Å²) < 4.78 is 0. The van der Waals surface area contributed by atoms with Gasteiger partial charge in [-0.2, -0.15) is 0 Å². The monoisotopic (exact) mass is 422 g/mol. The zero-order chi connectivity index (χ0) is 21.3. The van der Waals surface area contributed by atoms with E-state index in [0.29, 0.717) is 0 Å². The quantitative estimate of drug-likeness (QED) is 0.158. The smallest absolute Gasteiger partial charge is 0.0656 e. The molecule has 5 aromatic rings. The van der Waals surface area contributed by atoms with Crippen LogP contribution in [0.3, 0.4) is 0 Å². The van der Waals surface area contributed by atoms with Crippen LogP contribution < -0.4 is 10.4 Å². The van der Waals surface area contributed by atoms with Crippen LogP contribution in [-0.4, -0.2) is 16.1 Å². The first kappa shape index (κ1) is 19.5. The second-order valence-electron chi connectivity index (χ2n) is 10.8. The van der Waals surface area contributed by atoms with Crippen LogP contribution in [0.25, 0.3) is 43.1 Å². The summed E-state index contributed by atoms with van der Waals surface area (Å²) >= 11 is 0. The molecule has 5 rings (SSSR count). The molecule has 0 unspecified atom stereocenters. The fourth-order valence-corrected chi connectivity index (χ4v) is 6.90. The molecule has 150 valence electrons. The molecule has 5 aromatic carbocycles. The van der Waals surface area contributed by atoms with E-state index in [2.05, 4.69) is 112 Å². The molecule has 0 aliphatic carbocycles. The molecule has 0 aliphatic rings. The highest BCUT2D eigenvalue weighted by Crippen LogP contribution is 2.33. The summed E-state index contributed by atoms with van der Waals surface area (Å²) in [5.41, 5.74) is 0. The van der Waals surface area contributed by atoms with Crippen LogP contribution in [-0.2, 0) is 0 Å². The van der Waals surface area contributed by atoms with E-state index < -0.39 is 16.1 Å². The third-order valence-electron chi connectivity index (χ3n) is 6.52. The first-order valence-electron chi connectivity index (χ1n) is 11.0. The van der Waals surface area contributed by atoms with Crippen LogP contribution in [0, 0.1) is 0 Å². The highest BCUT2D eigenvalue weighted by atomic mass is 28.3. The van der Waals surface area contributed by atoms with E-state index in [4.69, 9.17) is 0 Å². The molecule has 0 radical (unpaired) electrons. The Morgan fingerprint density at radius 2 is 0.700 bits per heavy atom. The van der Waals surface area contributed by atoms with E-state index in [1.54, 1.807) is 0 Å². The molecule has 0 saturated heterocycles. The van der Waals surface area contributed by atoms with E-state index in [1.165, 1.54) is 53.5 Å². The van der Waals surface area contributed by atoms with Gasteiger partial charge in [-0.05, 0) is 55.2 Å². The zero-order valence-electron chi connectivity index (χ0n) is 18.9. The SMILES string of the molecule is C[Si](C)(C)c1ccc2c(ccc3cc4c(ccc5cc([Si](C)(C)C)ccc54)cc32)c1. The van der Waals surface area contributed by atoms with Gasteiger partial charge in [0.1, 0.15) is 0 Å². The predicted octanol–water partition coefficient (Wildman–Crippen LogP) is 7.39. The average molecular weight is 423 g/mol. The van der Waals surface area contributed by atoms with Gasteiger partial charge < -0.3 is 0 Å². The lowest BCUT2D eigenvalue weighted by molar-refractivity contribution is 1.72. The first-order chi connectivity index (χ1) is 14.1. The maximum absolute atomic E-state index is 2.42. The topological polar surface area (TPSA) is 0 Å². The second-order valence-corrected chi connectivity index (χ2v) is 21.0. The third-order valence-corrected chi connectivity index (χ3v) is 10.6. The minimum Gasteiger partial charge on any atom is -0.0656 e. The Labute approximate surface area is 181 Å². The van der Waals surface area contributed by atoms with Gasteiger partial charge in [0.25, 0.3) is 0 Å². The van der Waals surface area contributed by atoms with Gasteiger partial charge in [0.15, 0.2) is 0 Å². The van der Waals surface area contributed by atoms with Crippen molar-refractivity contribution >= 4 is 69.6 Å². The average Bonchev–Trinajstić information content (AvgIpc) is 2.70. The minimum atomic E-state index is -1.31. The molecule has 0 aliphatic heterocycles. The Balaban J connectivity index is 1.77. The van der Waals surface area contributed by atoms with E-state index in [-0.39, 0.29) is 0 Å². The summed E-state index contributed by atoms with van der Waals surface area (Å²) in [4.78, 5) is 0.